The molecule has 1 N–H and O–H groups in total. The summed E-state index contributed by atoms with van der Waals surface area (Å²) in [5, 5.41) is 3.80. The standard InChI is InChI=1S/C14H26N2/c1-10-6-12(9-16(10)13-4-5-13)15-8-11-7-14(11,2)3/h10-13,15H,4-9H2,1-3H3. The van der Waals surface area contributed by atoms with E-state index in [4.69, 9.17) is 0 Å². The molecule has 0 spiro atoms. The fourth-order valence-corrected chi connectivity index (χ4v) is 3.35. The zero-order valence-electron chi connectivity index (χ0n) is 11.0. The zero-order valence-corrected chi connectivity index (χ0v) is 11.0. The molecule has 3 fully saturated rings. The second-order valence-electron chi connectivity index (χ2n) is 7.01. The predicted octanol–water partition coefficient (Wildman–Crippen LogP) is 2.25. The van der Waals surface area contributed by atoms with Gasteiger partial charge in [0.1, 0.15) is 0 Å². The molecule has 1 heterocycles. The van der Waals surface area contributed by atoms with E-state index < -0.39 is 0 Å². The molecule has 3 aliphatic rings. The van der Waals surface area contributed by atoms with E-state index in [0.717, 1.165) is 24.0 Å². The fraction of sp³-hybridized carbons (Fsp3) is 1.00. The third-order valence-corrected chi connectivity index (χ3v) is 5.01. The summed E-state index contributed by atoms with van der Waals surface area (Å²) in [7, 11) is 0. The molecular formula is C14H26N2. The van der Waals surface area contributed by atoms with Gasteiger partial charge in [0.15, 0.2) is 0 Å². The lowest BCUT2D eigenvalue weighted by molar-refractivity contribution is 0.255. The summed E-state index contributed by atoms with van der Waals surface area (Å²) in [5.74, 6) is 0.942. The maximum atomic E-state index is 3.80. The van der Waals surface area contributed by atoms with E-state index in [0.29, 0.717) is 5.41 Å². The number of rotatable bonds is 4. The largest absolute Gasteiger partial charge is 0.312 e. The van der Waals surface area contributed by atoms with Crippen molar-refractivity contribution in [2.75, 3.05) is 13.1 Å². The number of nitrogens with zero attached hydrogens (tertiary/aromatic N) is 1. The van der Waals surface area contributed by atoms with Crippen molar-refractivity contribution in [2.45, 2.75) is 64.6 Å². The van der Waals surface area contributed by atoms with Crippen molar-refractivity contribution in [3.8, 4) is 0 Å². The Hall–Kier alpha value is -0.0800. The van der Waals surface area contributed by atoms with E-state index in [1.165, 1.54) is 38.8 Å². The van der Waals surface area contributed by atoms with Gasteiger partial charge in [-0.2, -0.15) is 0 Å². The van der Waals surface area contributed by atoms with Gasteiger partial charge in [-0.1, -0.05) is 13.8 Å². The summed E-state index contributed by atoms with van der Waals surface area (Å²) in [6.45, 7) is 9.75. The van der Waals surface area contributed by atoms with Gasteiger partial charge in [-0.3, -0.25) is 4.90 Å². The highest BCUT2D eigenvalue weighted by Crippen LogP contribution is 2.51. The lowest BCUT2D eigenvalue weighted by Crippen LogP contribution is -2.35. The summed E-state index contributed by atoms with van der Waals surface area (Å²) in [5.41, 5.74) is 0.632. The highest BCUT2D eigenvalue weighted by molar-refractivity contribution is 4.99. The minimum Gasteiger partial charge on any atom is -0.312 e. The van der Waals surface area contributed by atoms with E-state index in [-0.39, 0.29) is 0 Å². The summed E-state index contributed by atoms with van der Waals surface area (Å²) in [6.07, 6.45) is 5.69. The van der Waals surface area contributed by atoms with Gasteiger partial charge in [0.25, 0.3) is 0 Å². The Bertz CT molecular complexity index is 270. The highest BCUT2D eigenvalue weighted by atomic mass is 15.3. The third-order valence-electron chi connectivity index (χ3n) is 5.01. The molecule has 2 saturated carbocycles. The smallest absolute Gasteiger partial charge is 0.0210 e. The molecule has 0 aromatic heterocycles. The first-order valence-electron chi connectivity index (χ1n) is 7.05. The van der Waals surface area contributed by atoms with Crippen LogP contribution in [-0.4, -0.2) is 36.1 Å². The van der Waals surface area contributed by atoms with Crippen molar-refractivity contribution in [1.29, 1.82) is 0 Å². The van der Waals surface area contributed by atoms with Crippen molar-refractivity contribution >= 4 is 0 Å². The Morgan fingerprint density at radius 3 is 2.56 bits per heavy atom. The van der Waals surface area contributed by atoms with Crippen LogP contribution >= 0.6 is 0 Å². The normalized spacial score (nSPS) is 42.6. The summed E-state index contributed by atoms with van der Waals surface area (Å²) >= 11 is 0. The average Bonchev–Trinajstić information content (AvgIpc) is 3.09. The average molecular weight is 222 g/mol. The van der Waals surface area contributed by atoms with Crippen molar-refractivity contribution in [1.82, 2.24) is 10.2 Å². The van der Waals surface area contributed by atoms with Crippen LogP contribution in [0.15, 0.2) is 0 Å². The highest BCUT2D eigenvalue weighted by Gasteiger charge is 2.46. The molecule has 3 unspecified atom stereocenters. The topological polar surface area (TPSA) is 15.3 Å². The van der Waals surface area contributed by atoms with E-state index in [1.807, 2.05) is 0 Å². The van der Waals surface area contributed by atoms with Gasteiger partial charge < -0.3 is 5.32 Å². The molecular weight excluding hydrogens is 196 g/mol. The van der Waals surface area contributed by atoms with Crippen LogP contribution in [0.4, 0.5) is 0 Å². The molecule has 0 amide bonds. The molecule has 0 aromatic carbocycles. The molecule has 0 aromatic rings. The molecule has 92 valence electrons. The lowest BCUT2D eigenvalue weighted by atomic mass is 10.1. The van der Waals surface area contributed by atoms with E-state index in [9.17, 15) is 0 Å². The van der Waals surface area contributed by atoms with Crippen LogP contribution in [-0.2, 0) is 0 Å². The van der Waals surface area contributed by atoms with Gasteiger partial charge >= 0.3 is 0 Å². The van der Waals surface area contributed by atoms with Crippen molar-refractivity contribution in [3.63, 3.8) is 0 Å². The van der Waals surface area contributed by atoms with Gasteiger partial charge in [-0.25, -0.2) is 0 Å². The quantitative estimate of drug-likeness (QED) is 0.785. The second kappa shape index (κ2) is 3.71. The molecule has 2 nitrogen and oxygen atoms in total. The van der Waals surface area contributed by atoms with Crippen molar-refractivity contribution < 1.29 is 0 Å². The molecule has 2 heteroatoms. The number of likely N-dealkylation sites (tertiary alicyclic amines) is 1. The third kappa shape index (κ3) is 2.14. The van der Waals surface area contributed by atoms with Gasteiger partial charge in [0.05, 0.1) is 0 Å². The molecule has 0 bridgehead atoms. The predicted molar refractivity (Wildman–Crippen MR) is 67.5 cm³/mol. The Morgan fingerprint density at radius 1 is 1.31 bits per heavy atom. The summed E-state index contributed by atoms with van der Waals surface area (Å²) in [4.78, 5) is 2.73. The summed E-state index contributed by atoms with van der Waals surface area (Å²) in [6, 6.07) is 2.53. The SMILES string of the molecule is CC1CC(NCC2CC2(C)C)CN1C1CC1. The summed E-state index contributed by atoms with van der Waals surface area (Å²) < 4.78 is 0. The van der Waals surface area contributed by atoms with Crippen LogP contribution < -0.4 is 5.32 Å². The Kier molecular flexibility index (Phi) is 2.56. The Labute approximate surface area is 99.8 Å². The van der Waals surface area contributed by atoms with Crippen LogP contribution in [0, 0.1) is 11.3 Å². The number of nitrogens with one attached hydrogen (secondary N) is 1. The molecule has 2 aliphatic carbocycles. The minimum atomic E-state index is 0.632. The molecule has 3 rings (SSSR count). The van der Waals surface area contributed by atoms with E-state index in [2.05, 4.69) is 31.0 Å². The van der Waals surface area contributed by atoms with Gasteiger partial charge in [-0.15, -0.1) is 0 Å². The Balaban J connectivity index is 1.43. The first kappa shape index (κ1) is 11.0. The van der Waals surface area contributed by atoms with Gasteiger partial charge in [-0.05, 0) is 50.5 Å². The van der Waals surface area contributed by atoms with Crippen LogP contribution in [0.25, 0.3) is 0 Å². The lowest BCUT2D eigenvalue weighted by Gasteiger charge is -2.19. The first-order chi connectivity index (χ1) is 7.56. The number of hydrogen-bond donors (Lipinski definition) is 1. The molecule has 0 radical (unpaired) electrons. The van der Waals surface area contributed by atoms with Crippen molar-refractivity contribution in [3.05, 3.63) is 0 Å². The van der Waals surface area contributed by atoms with Gasteiger partial charge in [0.2, 0.25) is 0 Å². The van der Waals surface area contributed by atoms with Gasteiger partial charge in [0, 0.05) is 24.7 Å². The first-order valence-corrected chi connectivity index (χ1v) is 7.05. The van der Waals surface area contributed by atoms with Crippen LogP contribution in [0.2, 0.25) is 0 Å². The van der Waals surface area contributed by atoms with E-state index >= 15 is 0 Å². The van der Waals surface area contributed by atoms with Crippen LogP contribution in [0.5, 0.6) is 0 Å². The maximum absolute atomic E-state index is 3.80. The van der Waals surface area contributed by atoms with Crippen molar-refractivity contribution in [2.24, 2.45) is 11.3 Å². The minimum absolute atomic E-state index is 0.632. The Morgan fingerprint density at radius 2 is 2.00 bits per heavy atom. The number of hydrogen-bond acceptors (Lipinski definition) is 2. The monoisotopic (exact) mass is 222 g/mol. The van der Waals surface area contributed by atoms with Crippen LogP contribution in [0.3, 0.4) is 0 Å². The maximum Gasteiger partial charge on any atom is 0.0210 e. The second-order valence-corrected chi connectivity index (χ2v) is 7.01. The van der Waals surface area contributed by atoms with Crippen LogP contribution in [0.1, 0.15) is 46.5 Å². The fourth-order valence-electron chi connectivity index (χ4n) is 3.35. The molecule has 1 aliphatic heterocycles. The molecule has 16 heavy (non-hydrogen) atoms. The molecule has 1 saturated heterocycles. The van der Waals surface area contributed by atoms with E-state index in [1.54, 1.807) is 0 Å². The molecule has 3 atom stereocenters. The zero-order chi connectivity index (χ0) is 11.3.